The highest BCUT2D eigenvalue weighted by atomic mass is 16.2. The Morgan fingerprint density at radius 1 is 0.793 bits per heavy atom. The van der Waals surface area contributed by atoms with Gasteiger partial charge in [-0.15, -0.1) is 0 Å². The molecule has 2 heteroatoms. The minimum Gasteiger partial charge on any atom is -0.400 e. The number of Topliss-reactive ketones (excluding diaryl/α,β-unsaturated/α-hetero) is 1. The summed E-state index contributed by atoms with van der Waals surface area (Å²) in [4.78, 5) is 11.4. The summed E-state index contributed by atoms with van der Waals surface area (Å²) in [7, 11) is 1.00. The van der Waals surface area contributed by atoms with Crippen LogP contribution in [0.2, 0.25) is 0 Å². The maximum atomic E-state index is 11.4. The molecular formula is C27H48O2. The molecule has 29 heavy (non-hydrogen) atoms. The summed E-state index contributed by atoms with van der Waals surface area (Å²) in [5, 5.41) is 7.00. The third-order valence-corrected chi connectivity index (χ3v) is 3.26. The topological polar surface area (TPSA) is 37.3 Å². The first kappa shape index (κ1) is 34.6. The molecule has 0 aliphatic carbocycles. The lowest BCUT2D eigenvalue weighted by Crippen LogP contribution is -1.96. The quantitative estimate of drug-likeness (QED) is 0.520. The van der Waals surface area contributed by atoms with E-state index in [-0.39, 0.29) is 5.78 Å². The van der Waals surface area contributed by atoms with Gasteiger partial charge in [-0.1, -0.05) is 111 Å². The van der Waals surface area contributed by atoms with Crippen molar-refractivity contribution in [3.05, 3.63) is 59.2 Å². The van der Waals surface area contributed by atoms with E-state index in [0.29, 0.717) is 0 Å². The first-order chi connectivity index (χ1) is 14.0. The van der Waals surface area contributed by atoms with Gasteiger partial charge in [0.1, 0.15) is 0 Å². The smallest absolute Gasteiger partial charge is 0.159 e. The molecule has 2 aromatic rings. The van der Waals surface area contributed by atoms with Crippen molar-refractivity contribution in [1.82, 2.24) is 0 Å². The summed E-state index contributed by atoms with van der Waals surface area (Å²) in [5.41, 5.74) is 5.72. The monoisotopic (exact) mass is 404 g/mol. The standard InChI is InChI=1S/C17H18O.C3H8.3C2H6.CH4O/c1-4-14-11-16(13(3)18)9-10-17(14)15-7-5-12(2)6-8-15;1-3-2;4*1-2/h5-11H,4H2,1-3H3;3H2,1-2H3;3*1-2H3;2H,1H3. The van der Waals surface area contributed by atoms with E-state index in [9.17, 15) is 4.79 Å². The van der Waals surface area contributed by atoms with Gasteiger partial charge in [0.05, 0.1) is 0 Å². The van der Waals surface area contributed by atoms with E-state index in [1.807, 2.05) is 53.7 Å². The number of carbonyl (C=O) groups is 1. The molecule has 2 nitrogen and oxygen atoms in total. The van der Waals surface area contributed by atoms with Crippen LogP contribution >= 0.6 is 0 Å². The Morgan fingerprint density at radius 3 is 1.55 bits per heavy atom. The Kier molecular flexibility index (Phi) is 31.1. The molecular weight excluding hydrogens is 356 g/mol. The second kappa shape index (κ2) is 26.1. The number of rotatable bonds is 3. The molecule has 2 rings (SSSR count). The number of hydrogen-bond donors (Lipinski definition) is 1. The van der Waals surface area contributed by atoms with Crippen molar-refractivity contribution in [3.63, 3.8) is 0 Å². The van der Waals surface area contributed by atoms with Gasteiger partial charge in [-0.2, -0.15) is 0 Å². The van der Waals surface area contributed by atoms with Gasteiger partial charge in [0.25, 0.3) is 0 Å². The van der Waals surface area contributed by atoms with Crippen LogP contribution in [0.4, 0.5) is 0 Å². The highest BCUT2D eigenvalue weighted by molar-refractivity contribution is 5.95. The molecule has 0 fully saturated rings. The predicted octanol–water partition coefficient (Wildman–Crippen LogP) is 8.53. The van der Waals surface area contributed by atoms with Gasteiger partial charge in [-0.3, -0.25) is 4.79 Å². The molecule has 0 radical (unpaired) electrons. The zero-order chi connectivity index (χ0) is 23.8. The highest BCUT2D eigenvalue weighted by Crippen LogP contribution is 2.25. The van der Waals surface area contributed by atoms with E-state index in [1.54, 1.807) is 6.92 Å². The fraction of sp³-hybridized carbons (Fsp3) is 0.519. The molecule has 1 N–H and O–H groups in total. The number of aliphatic hydroxyl groups is 1. The number of aliphatic hydroxyl groups excluding tert-OH is 1. The Labute approximate surface area is 182 Å². The van der Waals surface area contributed by atoms with Crippen molar-refractivity contribution >= 4 is 5.78 Å². The fourth-order valence-corrected chi connectivity index (χ4v) is 2.12. The highest BCUT2D eigenvalue weighted by Gasteiger charge is 2.07. The van der Waals surface area contributed by atoms with Crippen molar-refractivity contribution in [3.8, 4) is 11.1 Å². The Balaban J connectivity index is -0.000000244. The molecule has 168 valence electrons. The second-order valence-electron chi connectivity index (χ2n) is 5.35. The van der Waals surface area contributed by atoms with E-state index >= 15 is 0 Å². The number of carbonyl (C=O) groups excluding carboxylic acids is 1. The maximum Gasteiger partial charge on any atom is 0.159 e. The van der Waals surface area contributed by atoms with Crippen LogP contribution in [0.5, 0.6) is 0 Å². The molecule has 0 spiro atoms. The van der Waals surface area contributed by atoms with E-state index in [4.69, 9.17) is 5.11 Å². The van der Waals surface area contributed by atoms with Gasteiger partial charge < -0.3 is 5.11 Å². The molecule has 0 aliphatic heterocycles. The van der Waals surface area contributed by atoms with Crippen LogP contribution in [-0.4, -0.2) is 18.0 Å². The molecule has 0 saturated heterocycles. The molecule has 2 aromatic carbocycles. The summed E-state index contributed by atoms with van der Waals surface area (Å²) in [6, 6.07) is 14.5. The second-order valence-corrected chi connectivity index (χ2v) is 5.35. The number of hydrogen-bond acceptors (Lipinski definition) is 2. The maximum absolute atomic E-state index is 11.4. The van der Waals surface area contributed by atoms with Gasteiger partial charge in [0, 0.05) is 12.7 Å². The minimum atomic E-state index is 0.125. The number of benzene rings is 2. The molecule has 0 atom stereocenters. The SMILES string of the molecule is CC.CC.CC.CCC.CCc1cc(C(C)=O)ccc1-c1ccc(C)cc1.CO. The van der Waals surface area contributed by atoms with Gasteiger partial charge in [-0.25, -0.2) is 0 Å². The summed E-state index contributed by atoms with van der Waals surface area (Å²) in [5.74, 6) is 0.125. The van der Waals surface area contributed by atoms with Crippen molar-refractivity contribution in [2.45, 2.75) is 89.0 Å². The first-order valence-electron chi connectivity index (χ1n) is 11.2. The van der Waals surface area contributed by atoms with Crippen molar-refractivity contribution in [2.75, 3.05) is 7.11 Å². The van der Waals surface area contributed by atoms with Crippen molar-refractivity contribution in [1.29, 1.82) is 0 Å². The van der Waals surface area contributed by atoms with Crippen molar-refractivity contribution < 1.29 is 9.90 Å². The molecule has 0 aliphatic rings. The molecule has 0 unspecified atom stereocenters. The lowest BCUT2D eigenvalue weighted by Gasteiger charge is -2.10. The van der Waals surface area contributed by atoms with Crippen LogP contribution in [0.15, 0.2) is 42.5 Å². The van der Waals surface area contributed by atoms with Gasteiger partial charge in [-0.05, 0) is 43.0 Å². The minimum absolute atomic E-state index is 0.125. The predicted molar refractivity (Wildman–Crippen MR) is 134 cm³/mol. The summed E-state index contributed by atoms with van der Waals surface area (Å²) >= 11 is 0. The van der Waals surface area contributed by atoms with E-state index in [1.165, 1.54) is 28.7 Å². The lowest BCUT2D eigenvalue weighted by atomic mass is 9.94. The first-order valence-corrected chi connectivity index (χ1v) is 11.2. The van der Waals surface area contributed by atoms with Crippen LogP contribution in [-0.2, 0) is 6.42 Å². The third kappa shape index (κ3) is 15.6. The zero-order valence-corrected chi connectivity index (χ0v) is 21.3. The van der Waals surface area contributed by atoms with Gasteiger partial charge in [0.2, 0.25) is 0 Å². The number of aryl methyl sites for hydroxylation is 2. The third-order valence-electron chi connectivity index (χ3n) is 3.26. The summed E-state index contributed by atoms with van der Waals surface area (Å²) in [6.07, 6.45) is 2.18. The van der Waals surface area contributed by atoms with Crippen LogP contribution in [0.25, 0.3) is 11.1 Å². The van der Waals surface area contributed by atoms with Crippen LogP contribution in [0, 0.1) is 6.92 Å². The van der Waals surface area contributed by atoms with Crippen LogP contribution in [0.3, 0.4) is 0 Å². The lowest BCUT2D eigenvalue weighted by molar-refractivity contribution is 0.101. The Hall–Kier alpha value is -1.93. The van der Waals surface area contributed by atoms with E-state index in [2.05, 4.69) is 58.0 Å². The van der Waals surface area contributed by atoms with Crippen molar-refractivity contribution in [2.24, 2.45) is 0 Å². The summed E-state index contributed by atoms with van der Waals surface area (Å²) in [6.45, 7) is 22.1. The fourth-order valence-electron chi connectivity index (χ4n) is 2.12. The van der Waals surface area contributed by atoms with E-state index in [0.717, 1.165) is 19.1 Å². The van der Waals surface area contributed by atoms with Crippen LogP contribution < -0.4 is 0 Å². The molecule has 0 aromatic heterocycles. The van der Waals surface area contributed by atoms with Gasteiger partial charge >= 0.3 is 0 Å². The van der Waals surface area contributed by atoms with Crippen LogP contribution in [0.1, 0.15) is 97.1 Å². The Bertz CT molecular complexity index is 584. The largest absolute Gasteiger partial charge is 0.400 e. The summed E-state index contributed by atoms with van der Waals surface area (Å²) < 4.78 is 0. The number of ketones is 1. The average Bonchev–Trinajstić information content (AvgIpc) is 2.80. The van der Waals surface area contributed by atoms with E-state index < -0.39 is 0 Å². The molecule has 0 saturated carbocycles. The normalized spacial score (nSPS) is 7.90. The zero-order valence-electron chi connectivity index (χ0n) is 21.3. The Morgan fingerprint density at radius 2 is 1.21 bits per heavy atom. The molecule has 0 heterocycles. The molecule has 0 bridgehead atoms. The van der Waals surface area contributed by atoms with Gasteiger partial charge in [0.15, 0.2) is 5.78 Å². The molecule has 0 amide bonds. The average molecular weight is 405 g/mol.